The molecule has 0 aliphatic heterocycles. The third-order valence-electron chi connectivity index (χ3n) is 4.91. The number of para-hydroxylation sites is 1. The molecule has 1 aromatic heterocycles. The van der Waals surface area contributed by atoms with Gasteiger partial charge in [-0.3, -0.25) is 0 Å². The summed E-state index contributed by atoms with van der Waals surface area (Å²) >= 11 is 0. The van der Waals surface area contributed by atoms with Crippen molar-refractivity contribution in [1.82, 2.24) is 4.57 Å². The number of rotatable bonds is 8. The second-order valence-electron chi connectivity index (χ2n) is 7.28. The molecule has 0 saturated carbocycles. The average molecular weight is 379 g/mol. The predicted molar refractivity (Wildman–Crippen MR) is 113 cm³/mol. The molecule has 4 heteroatoms. The van der Waals surface area contributed by atoms with Gasteiger partial charge in [0.2, 0.25) is 0 Å². The predicted octanol–water partition coefficient (Wildman–Crippen LogP) is 5.77. The molecule has 146 valence electrons. The minimum atomic E-state index is -0.602. The van der Waals surface area contributed by atoms with Crippen LogP contribution in [0.15, 0.2) is 54.6 Å². The molecular formula is C24H26FNO2. The molecule has 0 aliphatic rings. The van der Waals surface area contributed by atoms with Crippen LogP contribution < -0.4 is 0 Å². The van der Waals surface area contributed by atoms with E-state index in [9.17, 15) is 14.3 Å². The molecule has 0 saturated heterocycles. The van der Waals surface area contributed by atoms with Gasteiger partial charge < -0.3 is 14.5 Å². The topological polar surface area (TPSA) is 42.2 Å². The SMILES string of the molecule is CC(C)n1c(/C=C/CC[C@@H](O)CC=O)c(-c2ccc(F)cc2)c2ccccc21. The number of fused-ring (bicyclic) bond motifs is 1. The van der Waals surface area contributed by atoms with Crippen molar-refractivity contribution >= 4 is 23.3 Å². The number of aliphatic hydroxyl groups excluding tert-OH is 1. The lowest BCUT2D eigenvalue weighted by Gasteiger charge is -2.14. The lowest BCUT2D eigenvalue weighted by molar-refractivity contribution is -0.109. The van der Waals surface area contributed by atoms with Crippen LogP contribution >= 0.6 is 0 Å². The van der Waals surface area contributed by atoms with Gasteiger partial charge in [-0.05, 0) is 56.5 Å². The lowest BCUT2D eigenvalue weighted by Crippen LogP contribution is -2.06. The van der Waals surface area contributed by atoms with Crippen LogP contribution in [0.25, 0.3) is 28.1 Å². The molecule has 3 rings (SSSR count). The van der Waals surface area contributed by atoms with Gasteiger partial charge >= 0.3 is 0 Å². The molecule has 0 radical (unpaired) electrons. The average Bonchev–Trinajstić information content (AvgIpc) is 3.00. The zero-order valence-electron chi connectivity index (χ0n) is 16.3. The van der Waals surface area contributed by atoms with Gasteiger partial charge in [0.15, 0.2) is 0 Å². The Kier molecular flexibility index (Phi) is 6.42. The van der Waals surface area contributed by atoms with Crippen molar-refractivity contribution in [2.24, 2.45) is 0 Å². The van der Waals surface area contributed by atoms with Crippen molar-refractivity contribution in [3.05, 3.63) is 66.1 Å². The molecule has 1 heterocycles. The summed E-state index contributed by atoms with van der Waals surface area (Å²) in [5.41, 5.74) is 4.25. The van der Waals surface area contributed by atoms with Crippen LogP contribution in [0.1, 0.15) is 44.8 Å². The van der Waals surface area contributed by atoms with Gasteiger partial charge in [0.1, 0.15) is 12.1 Å². The minimum Gasteiger partial charge on any atom is -0.393 e. The van der Waals surface area contributed by atoms with Crippen LogP contribution in [-0.2, 0) is 4.79 Å². The molecule has 0 spiro atoms. The summed E-state index contributed by atoms with van der Waals surface area (Å²) in [6.07, 6.45) is 5.65. The van der Waals surface area contributed by atoms with Gasteiger partial charge in [0, 0.05) is 34.6 Å². The Morgan fingerprint density at radius 1 is 1.11 bits per heavy atom. The highest BCUT2D eigenvalue weighted by atomic mass is 19.1. The van der Waals surface area contributed by atoms with Crippen molar-refractivity contribution in [2.45, 2.75) is 45.3 Å². The first kappa shape index (κ1) is 20.0. The number of benzene rings is 2. The number of nitrogens with zero attached hydrogens (tertiary/aromatic N) is 1. The second-order valence-corrected chi connectivity index (χ2v) is 7.28. The van der Waals surface area contributed by atoms with E-state index in [-0.39, 0.29) is 18.3 Å². The quantitative estimate of drug-likeness (QED) is 0.505. The molecule has 0 bridgehead atoms. The van der Waals surface area contributed by atoms with Crippen molar-refractivity contribution in [3.63, 3.8) is 0 Å². The van der Waals surface area contributed by atoms with Gasteiger partial charge in [0.05, 0.1) is 6.10 Å². The molecule has 3 nitrogen and oxygen atoms in total. The van der Waals surface area contributed by atoms with E-state index in [1.54, 1.807) is 0 Å². The third-order valence-corrected chi connectivity index (χ3v) is 4.91. The van der Waals surface area contributed by atoms with Crippen LogP contribution in [0.4, 0.5) is 4.39 Å². The smallest absolute Gasteiger partial charge is 0.123 e. The number of allylic oxidation sites excluding steroid dienone is 1. The fourth-order valence-corrected chi connectivity index (χ4v) is 3.64. The third kappa shape index (κ3) is 4.23. The van der Waals surface area contributed by atoms with Crippen LogP contribution in [0.2, 0.25) is 0 Å². The Labute approximate surface area is 165 Å². The van der Waals surface area contributed by atoms with Crippen LogP contribution in [0.5, 0.6) is 0 Å². The van der Waals surface area contributed by atoms with E-state index in [1.807, 2.05) is 30.3 Å². The largest absolute Gasteiger partial charge is 0.393 e. The number of carbonyl (C=O) groups is 1. The van der Waals surface area contributed by atoms with Gasteiger partial charge in [-0.2, -0.15) is 0 Å². The lowest BCUT2D eigenvalue weighted by atomic mass is 10.0. The van der Waals surface area contributed by atoms with Crippen molar-refractivity contribution in [3.8, 4) is 11.1 Å². The maximum Gasteiger partial charge on any atom is 0.123 e. The number of hydrogen-bond donors (Lipinski definition) is 1. The van der Waals surface area contributed by atoms with Gasteiger partial charge in [-0.1, -0.05) is 36.4 Å². The maximum atomic E-state index is 13.5. The first-order valence-corrected chi connectivity index (χ1v) is 9.70. The first-order chi connectivity index (χ1) is 13.5. The Bertz CT molecular complexity index is 970. The normalized spacial score (nSPS) is 12.9. The van der Waals surface area contributed by atoms with Crippen LogP contribution in [0, 0.1) is 5.82 Å². The molecule has 0 unspecified atom stereocenters. The summed E-state index contributed by atoms with van der Waals surface area (Å²) in [6, 6.07) is 15.1. The van der Waals surface area contributed by atoms with Crippen LogP contribution in [0.3, 0.4) is 0 Å². The molecule has 3 aromatic rings. The van der Waals surface area contributed by atoms with E-state index in [0.29, 0.717) is 12.8 Å². The summed E-state index contributed by atoms with van der Waals surface area (Å²) in [4.78, 5) is 10.5. The fourth-order valence-electron chi connectivity index (χ4n) is 3.64. The van der Waals surface area contributed by atoms with Crippen molar-refractivity contribution in [1.29, 1.82) is 0 Å². The van der Waals surface area contributed by atoms with Crippen LogP contribution in [-0.4, -0.2) is 22.1 Å². The molecule has 1 atom stereocenters. The first-order valence-electron chi connectivity index (χ1n) is 9.70. The van der Waals surface area contributed by atoms with E-state index < -0.39 is 6.10 Å². The number of aldehydes is 1. The van der Waals surface area contributed by atoms with Crippen molar-refractivity contribution in [2.75, 3.05) is 0 Å². The zero-order valence-corrected chi connectivity index (χ0v) is 16.3. The summed E-state index contributed by atoms with van der Waals surface area (Å²) in [5, 5.41) is 10.9. The standard InChI is InChI=1S/C24H26FNO2/c1-17(2)26-22-9-6-4-8-21(22)24(18-11-13-19(25)14-12-18)23(26)10-5-3-7-20(28)15-16-27/h4-6,8-14,16-17,20,28H,3,7,15H2,1-2H3/b10-5+/t20-/m1/s1. The highest BCUT2D eigenvalue weighted by molar-refractivity contribution is 6.01. The van der Waals surface area contributed by atoms with E-state index in [0.717, 1.165) is 34.0 Å². The maximum absolute atomic E-state index is 13.5. The van der Waals surface area contributed by atoms with E-state index >= 15 is 0 Å². The van der Waals surface area contributed by atoms with E-state index in [1.165, 1.54) is 12.1 Å². The summed E-state index contributed by atoms with van der Waals surface area (Å²) in [5.74, 6) is -0.252. The summed E-state index contributed by atoms with van der Waals surface area (Å²) in [7, 11) is 0. The van der Waals surface area contributed by atoms with Gasteiger partial charge in [-0.15, -0.1) is 0 Å². The highest BCUT2D eigenvalue weighted by Gasteiger charge is 2.18. The Hall–Kier alpha value is -2.72. The number of carbonyl (C=O) groups excluding carboxylic acids is 1. The van der Waals surface area contributed by atoms with E-state index in [4.69, 9.17) is 0 Å². The van der Waals surface area contributed by atoms with Gasteiger partial charge in [-0.25, -0.2) is 4.39 Å². The number of halogens is 1. The molecule has 0 fully saturated rings. The number of aromatic nitrogens is 1. The summed E-state index contributed by atoms with van der Waals surface area (Å²) in [6.45, 7) is 4.29. The Morgan fingerprint density at radius 2 is 1.82 bits per heavy atom. The number of aliphatic hydroxyl groups is 1. The monoisotopic (exact) mass is 379 g/mol. The Balaban J connectivity index is 2.08. The molecule has 0 aliphatic carbocycles. The molecule has 1 N–H and O–H groups in total. The fraction of sp³-hybridized carbons (Fsp3) is 0.292. The molecular weight excluding hydrogens is 353 g/mol. The Morgan fingerprint density at radius 3 is 2.50 bits per heavy atom. The van der Waals surface area contributed by atoms with Gasteiger partial charge in [0.25, 0.3) is 0 Å². The second kappa shape index (κ2) is 8.98. The zero-order chi connectivity index (χ0) is 20.1. The number of hydrogen-bond acceptors (Lipinski definition) is 2. The van der Waals surface area contributed by atoms with Crippen molar-refractivity contribution < 1.29 is 14.3 Å². The molecule has 2 aromatic carbocycles. The van der Waals surface area contributed by atoms with E-state index in [2.05, 4.69) is 36.6 Å². The molecule has 28 heavy (non-hydrogen) atoms. The summed E-state index contributed by atoms with van der Waals surface area (Å²) < 4.78 is 15.8. The minimum absolute atomic E-state index is 0.168. The highest BCUT2D eigenvalue weighted by Crippen LogP contribution is 2.37. The molecule has 0 amide bonds.